The second kappa shape index (κ2) is 6.53. The lowest BCUT2D eigenvalue weighted by Crippen LogP contribution is -2.25. The second-order valence-electron chi connectivity index (χ2n) is 4.69. The number of ether oxygens (including phenoxy) is 2. The predicted molar refractivity (Wildman–Crippen MR) is 75.3 cm³/mol. The van der Waals surface area contributed by atoms with Crippen LogP contribution in [-0.4, -0.2) is 41.3 Å². The minimum absolute atomic E-state index is 0.0578. The van der Waals surface area contributed by atoms with Crippen LogP contribution in [0.15, 0.2) is 23.1 Å². The molecule has 2 rings (SSSR count). The summed E-state index contributed by atoms with van der Waals surface area (Å²) < 4.78 is 37.3. The highest BCUT2D eigenvalue weighted by molar-refractivity contribution is 7.89. The van der Waals surface area contributed by atoms with Gasteiger partial charge in [0, 0.05) is 33.2 Å². The van der Waals surface area contributed by atoms with E-state index in [9.17, 15) is 8.42 Å². The van der Waals surface area contributed by atoms with Crippen molar-refractivity contribution in [2.45, 2.75) is 23.8 Å². The highest BCUT2D eigenvalue weighted by Gasteiger charge is 2.24. The molecule has 1 aromatic carbocycles. The molecule has 0 aliphatic carbocycles. The van der Waals surface area contributed by atoms with Gasteiger partial charge in [0.15, 0.2) is 0 Å². The van der Waals surface area contributed by atoms with Crippen molar-refractivity contribution >= 4 is 10.0 Å². The van der Waals surface area contributed by atoms with Crippen molar-refractivity contribution in [1.82, 2.24) is 4.72 Å². The molecule has 0 bridgehead atoms. The Bertz CT molecular complexity index is 559. The van der Waals surface area contributed by atoms with Gasteiger partial charge in [0.25, 0.3) is 0 Å². The van der Waals surface area contributed by atoms with E-state index in [0.717, 1.165) is 11.3 Å². The van der Waals surface area contributed by atoms with Gasteiger partial charge in [0.05, 0.1) is 4.90 Å². The molecule has 0 amide bonds. The third kappa shape index (κ3) is 3.49. The largest absolute Gasteiger partial charge is 0.488 e. The molecule has 0 spiro atoms. The van der Waals surface area contributed by atoms with Crippen LogP contribution >= 0.6 is 0 Å². The zero-order valence-corrected chi connectivity index (χ0v) is 12.3. The van der Waals surface area contributed by atoms with E-state index in [2.05, 4.69) is 4.72 Å². The molecule has 1 unspecified atom stereocenters. The fourth-order valence-electron chi connectivity index (χ4n) is 2.10. The smallest absolute Gasteiger partial charge is 0.240 e. The first-order chi connectivity index (χ1) is 9.56. The first-order valence-corrected chi connectivity index (χ1v) is 8.03. The highest BCUT2D eigenvalue weighted by atomic mass is 32.2. The molecule has 1 aliphatic heterocycles. The highest BCUT2D eigenvalue weighted by Crippen LogP contribution is 2.30. The minimum Gasteiger partial charge on any atom is -0.488 e. The molecule has 7 heteroatoms. The Morgan fingerprint density at radius 1 is 1.50 bits per heavy atom. The third-order valence-corrected chi connectivity index (χ3v) is 4.62. The average molecular weight is 300 g/mol. The van der Waals surface area contributed by atoms with Gasteiger partial charge in [-0.05, 0) is 30.2 Å². The summed E-state index contributed by atoms with van der Waals surface area (Å²) in [5.74, 6) is 0.721. The van der Waals surface area contributed by atoms with Gasteiger partial charge in [-0.2, -0.15) is 0 Å². The molecule has 1 heterocycles. The van der Waals surface area contributed by atoms with Crippen molar-refractivity contribution in [2.75, 3.05) is 26.8 Å². The number of hydrogen-bond acceptors (Lipinski definition) is 5. The van der Waals surface area contributed by atoms with Crippen molar-refractivity contribution in [3.63, 3.8) is 0 Å². The molecule has 0 saturated carbocycles. The van der Waals surface area contributed by atoms with E-state index in [1.54, 1.807) is 25.3 Å². The zero-order chi connectivity index (χ0) is 14.6. The van der Waals surface area contributed by atoms with Crippen LogP contribution in [0.2, 0.25) is 0 Å². The average Bonchev–Trinajstić information content (AvgIpc) is 2.85. The maximum Gasteiger partial charge on any atom is 0.240 e. The molecule has 20 heavy (non-hydrogen) atoms. The van der Waals surface area contributed by atoms with Crippen molar-refractivity contribution in [3.8, 4) is 5.75 Å². The van der Waals surface area contributed by atoms with Crippen LogP contribution in [0, 0.1) is 0 Å². The zero-order valence-electron chi connectivity index (χ0n) is 11.5. The fraction of sp³-hybridized carbons (Fsp3) is 0.538. The summed E-state index contributed by atoms with van der Waals surface area (Å²) in [5, 5.41) is 0. The summed E-state index contributed by atoms with van der Waals surface area (Å²) >= 11 is 0. The monoisotopic (exact) mass is 300 g/mol. The SMILES string of the molecule is COCCCNS(=O)(=O)c1ccc2c(c1)CC(CN)O2. The van der Waals surface area contributed by atoms with Crippen LogP contribution in [0.25, 0.3) is 0 Å². The molecular formula is C13H20N2O4S. The van der Waals surface area contributed by atoms with E-state index in [1.807, 2.05) is 0 Å². The van der Waals surface area contributed by atoms with Crippen molar-refractivity contribution in [1.29, 1.82) is 0 Å². The normalized spacial score (nSPS) is 17.8. The summed E-state index contributed by atoms with van der Waals surface area (Å²) in [6, 6.07) is 4.90. The lowest BCUT2D eigenvalue weighted by molar-refractivity contribution is 0.196. The number of methoxy groups -OCH3 is 1. The summed E-state index contributed by atoms with van der Waals surface area (Å²) in [6.45, 7) is 1.31. The number of rotatable bonds is 7. The molecule has 0 saturated heterocycles. The molecule has 0 aromatic heterocycles. The summed E-state index contributed by atoms with van der Waals surface area (Å²) in [7, 11) is -1.89. The minimum atomic E-state index is -3.48. The first-order valence-electron chi connectivity index (χ1n) is 6.55. The number of sulfonamides is 1. The van der Waals surface area contributed by atoms with Gasteiger partial charge in [-0.3, -0.25) is 0 Å². The maximum absolute atomic E-state index is 12.1. The van der Waals surface area contributed by atoms with E-state index in [0.29, 0.717) is 32.5 Å². The number of hydrogen-bond donors (Lipinski definition) is 2. The van der Waals surface area contributed by atoms with Crippen LogP contribution in [0.1, 0.15) is 12.0 Å². The molecule has 6 nitrogen and oxygen atoms in total. The Morgan fingerprint density at radius 2 is 2.30 bits per heavy atom. The Balaban J connectivity index is 2.06. The van der Waals surface area contributed by atoms with Crippen molar-refractivity contribution in [2.24, 2.45) is 5.73 Å². The first kappa shape index (κ1) is 15.2. The molecule has 1 aromatic rings. The molecule has 3 N–H and O–H groups in total. The molecular weight excluding hydrogens is 280 g/mol. The lowest BCUT2D eigenvalue weighted by Gasteiger charge is -2.08. The van der Waals surface area contributed by atoms with E-state index in [4.69, 9.17) is 15.2 Å². The van der Waals surface area contributed by atoms with Gasteiger partial charge >= 0.3 is 0 Å². The van der Waals surface area contributed by atoms with Crippen molar-refractivity contribution < 1.29 is 17.9 Å². The molecule has 0 radical (unpaired) electrons. The second-order valence-corrected chi connectivity index (χ2v) is 6.46. The van der Waals surface area contributed by atoms with E-state index >= 15 is 0 Å². The van der Waals surface area contributed by atoms with Crippen LogP contribution in [0.5, 0.6) is 5.75 Å². The quantitative estimate of drug-likeness (QED) is 0.705. The number of nitrogens with one attached hydrogen (secondary N) is 1. The van der Waals surface area contributed by atoms with Gasteiger partial charge in [-0.25, -0.2) is 13.1 Å². The lowest BCUT2D eigenvalue weighted by atomic mass is 10.1. The molecule has 1 atom stereocenters. The standard InChI is InChI=1S/C13H20N2O4S/c1-18-6-2-5-15-20(16,17)12-3-4-13-10(8-12)7-11(9-14)19-13/h3-4,8,11,15H,2,5-7,9,14H2,1H3. The van der Waals surface area contributed by atoms with Gasteiger partial charge in [0.2, 0.25) is 10.0 Å². The maximum atomic E-state index is 12.1. The Hall–Kier alpha value is -1.15. The summed E-state index contributed by atoms with van der Waals surface area (Å²) in [5.41, 5.74) is 6.45. The van der Waals surface area contributed by atoms with E-state index in [1.165, 1.54) is 0 Å². The third-order valence-electron chi connectivity index (χ3n) is 3.16. The molecule has 0 fully saturated rings. The van der Waals surface area contributed by atoms with Crippen LogP contribution in [0.4, 0.5) is 0 Å². The topological polar surface area (TPSA) is 90.7 Å². The Kier molecular flexibility index (Phi) is 4.98. The van der Waals surface area contributed by atoms with Gasteiger partial charge in [-0.1, -0.05) is 0 Å². The Morgan fingerprint density at radius 3 is 3.00 bits per heavy atom. The predicted octanol–water partition coefficient (Wildman–Crippen LogP) is 0.264. The number of fused-ring (bicyclic) bond motifs is 1. The van der Waals surface area contributed by atoms with Gasteiger partial charge < -0.3 is 15.2 Å². The van der Waals surface area contributed by atoms with Gasteiger partial charge in [0.1, 0.15) is 11.9 Å². The number of benzene rings is 1. The Labute approximate surface area is 119 Å². The van der Waals surface area contributed by atoms with E-state index in [-0.39, 0.29) is 11.0 Å². The fourth-order valence-corrected chi connectivity index (χ4v) is 3.23. The van der Waals surface area contributed by atoms with Crippen molar-refractivity contribution in [3.05, 3.63) is 23.8 Å². The molecule has 1 aliphatic rings. The molecule has 112 valence electrons. The number of nitrogens with two attached hydrogens (primary N) is 1. The van der Waals surface area contributed by atoms with Crippen LogP contribution in [0.3, 0.4) is 0 Å². The van der Waals surface area contributed by atoms with Crippen LogP contribution < -0.4 is 15.2 Å². The van der Waals surface area contributed by atoms with Gasteiger partial charge in [-0.15, -0.1) is 0 Å². The van der Waals surface area contributed by atoms with E-state index < -0.39 is 10.0 Å². The summed E-state index contributed by atoms with van der Waals surface area (Å²) in [4.78, 5) is 0.259. The summed E-state index contributed by atoms with van der Waals surface area (Å²) in [6.07, 6.45) is 1.23. The van der Waals surface area contributed by atoms with Crippen LogP contribution in [-0.2, 0) is 21.2 Å².